The zero-order chi connectivity index (χ0) is 21.0. The lowest BCUT2D eigenvalue weighted by atomic mass is 9.72. The number of nitrogens with zero attached hydrogens (tertiary/aromatic N) is 4. The second kappa shape index (κ2) is 7.46. The van der Waals surface area contributed by atoms with Gasteiger partial charge in [-0.05, 0) is 36.2 Å². The van der Waals surface area contributed by atoms with Gasteiger partial charge in [-0.15, -0.1) is 11.3 Å². The van der Waals surface area contributed by atoms with Gasteiger partial charge in [0.15, 0.2) is 0 Å². The summed E-state index contributed by atoms with van der Waals surface area (Å²) in [6, 6.07) is 0. The summed E-state index contributed by atoms with van der Waals surface area (Å²) in [5.41, 5.74) is 1.76. The van der Waals surface area contributed by atoms with E-state index in [0.717, 1.165) is 35.7 Å². The number of aromatic nitrogens is 2. The third-order valence-electron chi connectivity index (χ3n) is 6.48. The van der Waals surface area contributed by atoms with Crippen LogP contribution in [0.1, 0.15) is 50.4 Å². The molecule has 8 heteroatoms. The summed E-state index contributed by atoms with van der Waals surface area (Å²) in [6.07, 6.45) is 5.52. The van der Waals surface area contributed by atoms with Gasteiger partial charge in [0.05, 0.1) is 11.6 Å². The van der Waals surface area contributed by atoms with Crippen molar-refractivity contribution in [2.75, 3.05) is 37.3 Å². The maximum Gasteiger partial charge on any atom is 0.211 e. The summed E-state index contributed by atoms with van der Waals surface area (Å²) < 4.78 is 25.3. The first kappa shape index (κ1) is 21.0. The highest BCUT2D eigenvalue weighted by Gasteiger charge is 2.33. The van der Waals surface area contributed by atoms with E-state index in [2.05, 4.69) is 32.6 Å². The largest absolute Gasteiger partial charge is 0.353 e. The van der Waals surface area contributed by atoms with Crippen molar-refractivity contribution < 1.29 is 8.42 Å². The fourth-order valence-corrected chi connectivity index (χ4v) is 6.70. The van der Waals surface area contributed by atoms with Crippen molar-refractivity contribution in [3.05, 3.63) is 16.3 Å². The number of hydrogen-bond donors (Lipinski definition) is 0. The molecule has 0 N–H and O–H groups in total. The fraction of sp³-hybridized carbons (Fsp3) is 0.714. The molecule has 4 rings (SSSR count). The predicted octanol–water partition coefficient (Wildman–Crippen LogP) is 3.49. The zero-order valence-electron chi connectivity index (χ0n) is 18.2. The number of hydrogen-bond acceptors (Lipinski definition) is 6. The van der Waals surface area contributed by atoms with Crippen LogP contribution in [0.25, 0.3) is 10.2 Å². The van der Waals surface area contributed by atoms with Crippen molar-refractivity contribution in [2.24, 2.45) is 11.3 Å². The molecule has 1 atom stereocenters. The van der Waals surface area contributed by atoms with Gasteiger partial charge in [-0.1, -0.05) is 27.7 Å². The van der Waals surface area contributed by atoms with Crippen molar-refractivity contribution in [2.45, 2.75) is 53.4 Å². The average Bonchev–Trinajstić information content (AvgIpc) is 3.03. The van der Waals surface area contributed by atoms with Gasteiger partial charge in [-0.25, -0.2) is 18.4 Å². The first-order chi connectivity index (χ1) is 13.6. The molecule has 0 aromatic carbocycles. The molecule has 2 aromatic heterocycles. The van der Waals surface area contributed by atoms with Gasteiger partial charge in [0.1, 0.15) is 16.5 Å². The number of fused-ring (bicyclic) bond motifs is 3. The van der Waals surface area contributed by atoms with Crippen molar-refractivity contribution in [3.8, 4) is 0 Å². The molecular formula is C21H32N4O2S2. The molecule has 29 heavy (non-hydrogen) atoms. The SMILES string of the molecule is CCc1nc(N2CCN(S(C)(=O)=O)CC2)c2c3c(sc2n1)C[C@H](C(C)(C)C)CC3. The van der Waals surface area contributed by atoms with E-state index >= 15 is 0 Å². The van der Waals surface area contributed by atoms with Gasteiger partial charge >= 0.3 is 0 Å². The summed E-state index contributed by atoms with van der Waals surface area (Å²) in [4.78, 5) is 14.7. The van der Waals surface area contributed by atoms with Gasteiger partial charge in [0, 0.05) is 37.5 Å². The van der Waals surface area contributed by atoms with Crippen molar-refractivity contribution in [3.63, 3.8) is 0 Å². The predicted molar refractivity (Wildman–Crippen MR) is 120 cm³/mol. The van der Waals surface area contributed by atoms with E-state index in [1.807, 2.05) is 11.3 Å². The lowest BCUT2D eigenvalue weighted by molar-refractivity contribution is 0.218. The Bertz CT molecular complexity index is 1020. The lowest BCUT2D eigenvalue weighted by Gasteiger charge is -2.35. The number of thiophene rings is 1. The summed E-state index contributed by atoms with van der Waals surface area (Å²) in [6.45, 7) is 11.5. The zero-order valence-corrected chi connectivity index (χ0v) is 19.8. The summed E-state index contributed by atoms with van der Waals surface area (Å²) >= 11 is 1.85. The van der Waals surface area contributed by atoms with E-state index in [4.69, 9.17) is 9.97 Å². The Balaban J connectivity index is 1.72. The molecule has 0 radical (unpaired) electrons. The Kier molecular flexibility index (Phi) is 5.40. The quantitative estimate of drug-likeness (QED) is 0.737. The number of piperazine rings is 1. The molecule has 0 saturated carbocycles. The van der Waals surface area contributed by atoms with E-state index in [1.54, 1.807) is 4.31 Å². The van der Waals surface area contributed by atoms with Crippen LogP contribution in [0.2, 0.25) is 0 Å². The average molecular weight is 437 g/mol. The van der Waals surface area contributed by atoms with Crippen LogP contribution in [-0.4, -0.2) is 55.1 Å². The molecule has 1 aliphatic heterocycles. The third kappa shape index (κ3) is 4.03. The molecule has 0 amide bonds. The Morgan fingerprint density at radius 2 is 1.83 bits per heavy atom. The van der Waals surface area contributed by atoms with Gasteiger partial charge in [-0.2, -0.15) is 4.31 Å². The maximum atomic E-state index is 11.9. The van der Waals surface area contributed by atoms with Crippen molar-refractivity contribution in [1.82, 2.24) is 14.3 Å². The van der Waals surface area contributed by atoms with Crippen LogP contribution in [0.15, 0.2) is 0 Å². The van der Waals surface area contributed by atoms with Gasteiger partial charge < -0.3 is 4.90 Å². The number of rotatable bonds is 3. The lowest BCUT2D eigenvalue weighted by Crippen LogP contribution is -2.48. The Hall–Kier alpha value is -1.25. The first-order valence-electron chi connectivity index (χ1n) is 10.6. The van der Waals surface area contributed by atoms with Crippen LogP contribution >= 0.6 is 11.3 Å². The Morgan fingerprint density at radius 1 is 1.14 bits per heavy atom. The standard InChI is InChI=1S/C21H32N4O2S2/c1-6-17-22-19(24-9-11-25(12-10-24)29(5,26)27)18-15-8-7-14(21(2,3)4)13-16(15)28-20(18)23-17/h14H,6-13H2,1-5H3/t14-/m1/s1. The van der Waals surface area contributed by atoms with Crippen LogP contribution in [0, 0.1) is 11.3 Å². The molecule has 0 spiro atoms. The second-order valence-electron chi connectivity index (χ2n) is 9.46. The molecule has 1 fully saturated rings. The van der Waals surface area contributed by atoms with Crippen LogP contribution in [-0.2, 0) is 29.3 Å². The van der Waals surface area contributed by atoms with Crippen LogP contribution < -0.4 is 4.90 Å². The molecule has 160 valence electrons. The number of anilines is 1. The maximum absolute atomic E-state index is 11.9. The smallest absolute Gasteiger partial charge is 0.211 e. The molecule has 0 unspecified atom stereocenters. The minimum atomic E-state index is -3.13. The fourth-order valence-electron chi connectivity index (χ4n) is 4.56. The van der Waals surface area contributed by atoms with E-state index in [9.17, 15) is 8.42 Å². The molecule has 0 bridgehead atoms. The van der Waals surface area contributed by atoms with E-state index < -0.39 is 10.0 Å². The molecule has 2 aliphatic rings. The summed E-state index contributed by atoms with van der Waals surface area (Å²) in [5, 5.41) is 1.22. The Labute approximate surface area is 178 Å². The highest BCUT2D eigenvalue weighted by atomic mass is 32.2. The summed E-state index contributed by atoms with van der Waals surface area (Å²) in [7, 11) is -3.13. The van der Waals surface area contributed by atoms with Crippen LogP contribution in [0.5, 0.6) is 0 Å². The molecular weight excluding hydrogens is 404 g/mol. The van der Waals surface area contributed by atoms with Gasteiger partial charge in [0.2, 0.25) is 10.0 Å². The third-order valence-corrected chi connectivity index (χ3v) is 8.94. The van der Waals surface area contributed by atoms with Gasteiger partial charge in [0.25, 0.3) is 0 Å². The molecule has 3 heterocycles. The topological polar surface area (TPSA) is 66.4 Å². The van der Waals surface area contributed by atoms with Crippen LogP contribution in [0.3, 0.4) is 0 Å². The summed E-state index contributed by atoms with van der Waals surface area (Å²) in [5.74, 6) is 2.60. The minimum absolute atomic E-state index is 0.318. The highest BCUT2D eigenvalue weighted by Crippen LogP contribution is 2.45. The van der Waals surface area contributed by atoms with Gasteiger partial charge in [-0.3, -0.25) is 0 Å². The molecule has 1 saturated heterocycles. The molecule has 6 nitrogen and oxygen atoms in total. The van der Waals surface area contributed by atoms with E-state index in [0.29, 0.717) is 37.5 Å². The van der Waals surface area contributed by atoms with E-state index in [1.165, 1.54) is 28.5 Å². The second-order valence-corrected chi connectivity index (χ2v) is 12.5. The monoisotopic (exact) mass is 436 g/mol. The number of aryl methyl sites for hydroxylation is 2. The normalized spacial score (nSPS) is 21.6. The van der Waals surface area contributed by atoms with E-state index in [-0.39, 0.29) is 0 Å². The highest BCUT2D eigenvalue weighted by molar-refractivity contribution is 7.88. The minimum Gasteiger partial charge on any atom is -0.353 e. The van der Waals surface area contributed by atoms with Crippen LogP contribution in [0.4, 0.5) is 5.82 Å². The van der Waals surface area contributed by atoms with Crippen molar-refractivity contribution in [1.29, 1.82) is 0 Å². The molecule has 1 aliphatic carbocycles. The first-order valence-corrected chi connectivity index (χ1v) is 13.3. The molecule has 2 aromatic rings. The van der Waals surface area contributed by atoms with Crippen molar-refractivity contribution >= 4 is 37.4 Å². The Morgan fingerprint density at radius 3 is 2.41 bits per heavy atom. The number of sulfonamides is 1.